The Labute approximate surface area is 125 Å². The van der Waals surface area contributed by atoms with Crippen molar-refractivity contribution in [2.75, 3.05) is 30.8 Å². The molecule has 0 unspecified atom stereocenters. The summed E-state index contributed by atoms with van der Waals surface area (Å²) in [6, 6.07) is 9.85. The number of anilines is 1. The van der Waals surface area contributed by atoms with Gasteiger partial charge in [-0.05, 0) is 25.0 Å². The van der Waals surface area contributed by atoms with Gasteiger partial charge in [0, 0.05) is 32.2 Å². The Morgan fingerprint density at radius 2 is 1.90 bits per heavy atom. The molecule has 0 saturated carbocycles. The molecule has 0 atom stereocenters. The maximum Gasteiger partial charge on any atom is 0.303 e. The number of benzene rings is 1. The number of carboxylic acid groups (broad SMARTS) is 1. The first-order valence-electron chi connectivity index (χ1n) is 6.86. The maximum atomic E-state index is 11.6. The molecule has 0 bridgehead atoms. The molecule has 0 heterocycles. The van der Waals surface area contributed by atoms with Crippen molar-refractivity contribution in [3.05, 3.63) is 30.3 Å². The average molecular weight is 314 g/mol. The molecular weight excluding hydrogens is 292 g/mol. The van der Waals surface area contributed by atoms with E-state index in [2.05, 4.69) is 9.62 Å². The van der Waals surface area contributed by atoms with Gasteiger partial charge in [0.15, 0.2) is 0 Å². The monoisotopic (exact) mass is 314 g/mol. The van der Waals surface area contributed by atoms with Crippen molar-refractivity contribution < 1.29 is 18.3 Å². The summed E-state index contributed by atoms with van der Waals surface area (Å²) in [5.41, 5.74) is 1.09. The predicted octanol–water partition coefficient (Wildman–Crippen LogP) is 1.30. The van der Waals surface area contributed by atoms with E-state index in [0.717, 1.165) is 12.2 Å². The Bertz CT molecular complexity index is 531. The minimum Gasteiger partial charge on any atom is -0.481 e. The van der Waals surface area contributed by atoms with E-state index in [0.29, 0.717) is 13.0 Å². The van der Waals surface area contributed by atoms with E-state index < -0.39 is 16.0 Å². The van der Waals surface area contributed by atoms with Gasteiger partial charge in [-0.15, -0.1) is 0 Å². The number of nitrogens with zero attached hydrogens (tertiary/aromatic N) is 1. The van der Waals surface area contributed by atoms with E-state index in [1.165, 1.54) is 0 Å². The molecule has 0 fully saturated rings. The van der Waals surface area contributed by atoms with E-state index >= 15 is 0 Å². The molecule has 2 N–H and O–H groups in total. The van der Waals surface area contributed by atoms with Crippen LogP contribution in [0.15, 0.2) is 30.3 Å². The molecule has 0 aliphatic heterocycles. The molecule has 6 nitrogen and oxygen atoms in total. The highest BCUT2D eigenvalue weighted by atomic mass is 32.2. The summed E-state index contributed by atoms with van der Waals surface area (Å²) < 4.78 is 25.7. The normalized spacial score (nSPS) is 11.3. The van der Waals surface area contributed by atoms with Crippen molar-refractivity contribution in [1.29, 1.82) is 0 Å². The van der Waals surface area contributed by atoms with Crippen LogP contribution in [0.4, 0.5) is 5.69 Å². The molecule has 21 heavy (non-hydrogen) atoms. The molecule has 1 aromatic rings. The van der Waals surface area contributed by atoms with Crippen LogP contribution < -0.4 is 9.62 Å². The number of sulfonamides is 1. The zero-order valence-corrected chi connectivity index (χ0v) is 13.0. The molecule has 1 aromatic carbocycles. The molecule has 0 aliphatic rings. The van der Waals surface area contributed by atoms with Crippen molar-refractivity contribution >= 4 is 21.7 Å². The van der Waals surface area contributed by atoms with Gasteiger partial charge in [-0.2, -0.15) is 0 Å². The lowest BCUT2D eigenvalue weighted by atomic mass is 10.3. The van der Waals surface area contributed by atoms with Gasteiger partial charge in [-0.3, -0.25) is 4.79 Å². The lowest BCUT2D eigenvalue weighted by Gasteiger charge is -2.19. The Morgan fingerprint density at radius 3 is 2.52 bits per heavy atom. The number of carbonyl (C=O) groups is 1. The highest BCUT2D eigenvalue weighted by Gasteiger charge is 2.10. The summed E-state index contributed by atoms with van der Waals surface area (Å²) in [5, 5.41) is 8.47. The van der Waals surface area contributed by atoms with Crippen molar-refractivity contribution in [3.8, 4) is 0 Å². The first kappa shape index (κ1) is 17.5. The largest absolute Gasteiger partial charge is 0.481 e. The fraction of sp³-hybridized carbons (Fsp3) is 0.500. The van der Waals surface area contributed by atoms with E-state index in [1.54, 1.807) is 0 Å². The standard InChI is InChI=1S/C14H22N2O4S/c1-16(13-7-3-2-4-8-13)11-6-10-15-21(19,20)12-5-9-14(17)18/h2-4,7-8,15H,5-6,9-12H2,1H3,(H,17,18). The van der Waals surface area contributed by atoms with Gasteiger partial charge in [0.05, 0.1) is 5.75 Å². The highest BCUT2D eigenvalue weighted by Crippen LogP contribution is 2.10. The SMILES string of the molecule is CN(CCCNS(=O)(=O)CCCC(=O)O)c1ccccc1. The summed E-state index contributed by atoms with van der Waals surface area (Å²) in [7, 11) is -1.42. The van der Waals surface area contributed by atoms with Crippen molar-refractivity contribution in [1.82, 2.24) is 4.72 Å². The summed E-state index contributed by atoms with van der Waals surface area (Å²) in [4.78, 5) is 12.4. The van der Waals surface area contributed by atoms with Crippen LogP contribution in [0.5, 0.6) is 0 Å². The topological polar surface area (TPSA) is 86.7 Å². The first-order valence-corrected chi connectivity index (χ1v) is 8.51. The van der Waals surface area contributed by atoms with Crippen LogP contribution in [0, 0.1) is 0 Å². The number of carboxylic acids is 1. The fourth-order valence-electron chi connectivity index (χ4n) is 1.84. The number of nitrogens with one attached hydrogen (secondary N) is 1. The average Bonchev–Trinajstić information content (AvgIpc) is 2.43. The van der Waals surface area contributed by atoms with Gasteiger partial charge >= 0.3 is 5.97 Å². The summed E-state index contributed by atoms with van der Waals surface area (Å²) in [6.07, 6.45) is 0.690. The maximum absolute atomic E-state index is 11.6. The summed E-state index contributed by atoms with van der Waals surface area (Å²) in [5.74, 6) is -1.12. The van der Waals surface area contributed by atoms with Crippen LogP contribution in [0.1, 0.15) is 19.3 Å². The van der Waals surface area contributed by atoms with Crippen LogP contribution in [0.2, 0.25) is 0 Å². The Balaban J connectivity index is 2.22. The molecule has 0 spiro atoms. The van der Waals surface area contributed by atoms with Crippen LogP contribution >= 0.6 is 0 Å². The van der Waals surface area contributed by atoms with Crippen molar-refractivity contribution in [2.24, 2.45) is 0 Å². The lowest BCUT2D eigenvalue weighted by Crippen LogP contribution is -2.30. The second-order valence-electron chi connectivity index (χ2n) is 4.82. The third-order valence-electron chi connectivity index (χ3n) is 2.99. The summed E-state index contributed by atoms with van der Waals surface area (Å²) >= 11 is 0. The first-order chi connectivity index (χ1) is 9.91. The van der Waals surface area contributed by atoms with E-state index in [9.17, 15) is 13.2 Å². The van der Waals surface area contributed by atoms with Gasteiger partial charge in [-0.25, -0.2) is 13.1 Å². The fourth-order valence-corrected chi connectivity index (χ4v) is 2.97. The second kappa shape index (κ2) is 8.63. The van der Waals surface area contributed by atoms with Gasteiger partial charge in [0.2, 0.25) is 10.0 Å². The zero-order chi connectivity index (χ0) is 15.7. The van der Waals surface area contributed by atoms with Gasteiger partial charge < -0.3 is 10.0 Å². The molecule has 118 valence electrons. The predicted molar refractivity (Wildman–Crippen MR) is 83.0 cm³/mol. The molecular formula is C14H22N2O4S. The highest BCUT2D eigenvalue weighted by molar-refractivity contribution is 7.89. The van der Waals surface area contributed by atoms with E-state index in [1.807, 2.05) is 37.4 Å². The number of hydrogen-bond acceptors (Lipinski definition) is 4. The van der Waals surface area contributed by atoms with E-state index in [-0.39, 0.29) is 18.6 Å². The molecule has 0 amide bonds. The molecule has 0 aliphatic carbocycles. The third kappa shape index (κ3) is 7.67. The molecule has 7 heteroatoms. The van der Waals surface area contributed by atoms with Crippen LogP contribution in [-0.2, 0) is 14.8 Å². The van der Waals surface area contributed by atoms with Crippen LogP contribution in [-0.4, -0.2) is 45.4 Å². The molecule has 0 saturated heterocycles. The molecule has 0 aromatic heterocycles. The minimum atomic E-state index is -3.37. The third-order valence-corrected chi connectivity index (χ3v) is 4.46. The Hall–Kier alpha value is -1.60. The lowest BCUT2D eigenvalue weighted by molar-refractivity contribution is -0.137. The quantitative estimate of drug-likeness (QED) is 0.636. The van der Waals surface area contributed by atoms with Crippen molar-refractivity contribution in [3.63, 3.8) is 0 Å². The van der Waals surface area contributed by atoms with Gasteiger partial charge in [0.1, 0.15) is 0 Å². The minimum absolute atomic E-state index is 0.127. The smallest absolute Gasteiger partial charge is 0.303 e. The van der Waals surface area contributed by atoms with E-state index in [4.69, 9.17) is 5.11 Å². The number of aliphatic carboxylic acids is 1. The van der Waals surface area contributed by atoms with Gasteiger partial charge in [0.25, 0.3) is 0 Å². The zero-order valence-electron chi connectivity index (χ0n) is 12.2. The van der Waals surface area contributed by atoms with Gasteiger partial charge in [-0.1, -0.05) is 18.2 Å². The second-order valence-corrected chi connectivity index (χ2v) is 6.75. The summed E-state index contributed by atoms with van der Waals surface area (Å²) in [6.45, 7) is 1.09. The Morgan fingerprint density at radius 1 is 1.24 bits per heavy atom. The Kier molecular flexibility index (Phi) is 7.18. The van der Waals surface area contributed by atoms with Crippen LogP contribution in [0.25, 0.3) is 0 Å². The van der Waals surface area contributed by atoms with Crippen molar-refractivity contribution in [2.45, 2.75) is 19.3 Å². The number of para-hydroxylation sites is 1. The number of hydrogen-bond donors (Lipinski definition) is 2. The van der Waals surface area contributed by atoms with Crippen LogP contribution in [0.3, 0.4) is 0 Å². The molecule has 1 rings (SSSR count). The number of rotatable bonds is 10. The molecule has 0 radical (unpaired) electrons.